The zero-order chi connectivity index (χ0) is 13.7. The Morgan fingerprint density at radius 2 is 2.42 bits per heavy atom. The van der Waals surface area contributed by atoms with Crippen LogP contribution in [0.4, 0.5) is 5.82 Å². The van der Waals surface area contributed by atoms with Crippen molar-refractivity contribution in [3.8, 4) is 0 Å². The quantitative estimate of drug-likeness (QED) is 0.818. The van der Waals surface area contributed by atoms with Gasteiger partial charge in [-0.2, -0.15) is 0 Å². The van der Waals surface area contributed by atoms with Crippen LogP contribution in [-0.4, -0.2) is 49.9 Å². The van der Waals surface area contributed by atoms with Gasteiger partial charge in [0.1, 0.15) is 11.9 Å². The van der Waals surface area contributed by atoms with Crippen LogP contribution in [0.15, 0.2) is 18.3 Å². The van der Waals surface area contributed by atoms with Crippen molar-refractivity contribution in [3.05, 3.63) is 23.9 Å². The Morgan fingerprint density at radius 1 is 1.58 bits per heavy atom. The van der Waals surface area contributed by atoms with Crippen molar-refractivity contribution < 1.29 is 14.3 Å². The summed E-state index contributed by atoms with van der Waals surface area (Å²) in [5, 5.41) is 5.84. The molecule has 1 aromatic heterocycles. The van der Waals surface area contributed by atoms with Crippen LogP contribution in [0.3, 0.4) is 0 Å². The number of hydrogen-bond donors (Lipinski definition) is 2. The lowest BCUT2D eigenvalue weighted by molar-refractivity contribution is 0.0478. The molecule has 1 amide bonds. The highest BCUT2D eigenvalue weighted by Gasteiger charge is 2.29. The van der Waals surface area contributed by atoms with Crippen molar-refractivity contribution in [2.45, 2.75) is 19.1 Å². The molecule has 0 bridgehead atoms. The number of pyridine rings is 1. The van der Waals surface area contributed by atoms with E-state index >= 15 is 0 Å². The van der Waals surface area contributed by atoms with E-state index < -0.39 is 0 Å². The van der Waals surface area contributed by atoms with Crippen LogP contribution in [0.5, 0.6) is 0 Å². The summed E-state index contributed by atoms with van der Waals surface area (Å²) in [6.07, 6.45) is 1.64. The maximum Gasteiger partial charge on any atom is 0.254 e. The first-order chi connectivity index (χ1) is 9.26. The van der Waals surface area contributed by atoms with Gasteiger partial charge in [-0.05, 0) is 19.1 Å². The minimum absolute atomic E-state index is 0.00968. The molecule has 2 atom stereocenters. The van der Waals surface area contributed by atoms with Crippen molar-refractivity contribution in [2.24, 2.45) is 0 Å². The Morgan fingerprint density at radius 3 is 3.16 bits per heavy atom. The summed E-state index contributed by atoms with van der Waals surface area (Å²) in [5.41, 5.74) is 0.521. The molecule has 19 heavy (non-hydrogen) atoms. The predicted molar refractivity (Wildman–Crippen MR) is 71.3 cm³/mol. The van der Waals surface area contributed by atoms with Crippen molar-refractivity contribution in [3.63, 3.8) is 0 Å². The van der Waals surface area contributed by atoms with Gasteiger partial charge in [0.2, 0.25) is 0 Å². The molecule has 0 aromatic carbocycles. The molecular formula is C13H19N3O3. The molecule has 6 nitrogen and oxygen atoms in total. The molecule has 0 unspecified atom stereocenters. The topological polar surface area (TPSA) is 72.5 Å². The molecule has 2 heterocycles. The summed E-state index contributed by atoms with van der Waals surface area (Å²) >= 11 is 0. The minimum atomic E-state index is -0.164. The number of ether oxygens (including phenoxy) is 2. The van der Waals surface area contributed by atoms with Crippen LogP contribution >= 0.6 is 0 Å². The Bertz CT molecular complexity index is 439. The molecular weight excluding hydrogens is 246 g/mol. The highest BCUT2D eigenvalue weighted by Crippen LogP contribution is 2.18. The van der Waals surface area contributed by atoms with Crippen LogP contribution in [-0.2, 0) is 9.47 Å². The first-order valence-electron chi connectivity index (χ1n) is 6.39. The molecule has 104 valence electrons. The van der Waals surface area contributed by atoms with Gasteiger partial charge in [0.15, 0.2) is 0 Å². The number of rotatable bonds is 5. The van der Waals surface area contributed by atoms with Crippen LogP contribution in [0.1, 0.15) is 17.3 Å². The zero-order valence-corrected chi connectivity index (χ0v) is 11.2. The number of aromatic nitrogens is 1. The Labute approximate surface area is 112 Å². The third kappa shape index (κ3) is 3.21. The smallest absolute Gasteiger partial charge is 0.254 e. The molecule has 0 radical (unpaired) electrons. The fourth-order valence-corrected chi connectivity index (χ4v) is 2.06. The number of carbonyl (C=O) groups excluding carboxylic acids is 1. The summed E-state index contributed by atoms with van der Waals surface area (Å²) in [5.74, 6) is 0.393. The molecule has 6 heteroatoms. The lowest BCUT2D eigenvalue weighted by Gasteiger charge is -2.20. The number of amides is 1. The number of hydrogen-bond acceptors (Lipinski definition) is 5. The van der Waals surface area contributed by atoms with Gasteiger partial charge in [-0.15, -0.1) is 0 Å². The molecule has 1 aliphatic heterocycles. The van der Waals surface area contributed by atoms with Gasteiger partial charge in [0.05, 0.1) is 24.8 Å². The number of nitrogens with zero attached hydrogens (tertiary/aromatic N) is 1. The zero-order valence-electron chi connectivity index (χ0n) is 11.2. The van der Waals surface area contributed by atoms with E-state index in [0.29, 0.717) is 31.2 Å². The molecule has 0 saturated carbocycles. The predicted octanol–water partition coefficient (Wildman–Crippen LogP) is 0.657. The van der Waals surface area contributed by atoms with Crippen LogP contribution in [0, 0.1) is 0 Å². The maximum absolute atomic E-state index is 11.8. The summed E-state index contributed by atoms with van der Waals surface area (Å²) in [6.45, 7) is 3.70. The second kappa shape index (κ2) is 6.49. The van der Waals surface area contributed by atoms with E-state index in [9.17, 15) is 4.79 Å². The third-order valence-electron chi connectivity index (χ3n) is 3.01. The minimum Gasteiger partial charge on any atom is -0.376 e. The van der Waals surface area contributed by atoms with E-state index in [4.69, 9.17) is 9.47 Å². The lowest BCUT2D eigenvalue weighted by atomic mass is 10.2. The van der Waals surface area contributed by atoms with Gasteiger partial charge in [-0.1, -0.05) is 0 Å². The Hall–Kier alpha value is -1.66. The summed E-state index contributed by atoms with van der Waals surface area (Å²) in [4.78, 5) is 16.0. The molecule has 1 saturated heterocycles. The van der Waals surface area contributed by atoms with E-state index in [0.717, 1.165) is 0 Å². The lowest BCUT2D eigenvalue weighted by Crippen LogP contribution is -2.35. The summed E-state index contributed by atoms with van der Waals surface area (Å²) in [7, 11) is 1.60. The van der Waals surface area contributed by atoms with Gasteiger partial charge in [0, 0.05) is 19.9 Å². The van der Waals surface area contributed by atoms with Gasteiger partial charge < -0.3 is 20.1 Å². The average Bonchev–Trinajstić information content (AvgIpc) is 2.86. The fourth-order valence-electron chi connectivity index (χ4n) is 2.06. The van der Waals surface area contributed by atoms with E-state index in [-0.39, 0.29) is 18.1 Å². The maximum atomic E-state index is 11.8. The molecule has 1 aromatic rings. The highest BCUT2D eigenvalue weighted by atomic mass is 16.5. The van der Waals surface area contributed by atoms with E-state index in [1.54, 1.807) is 25.4 Å². The average molecular weight is 265 g/mol. The summed E-state index contributed by atoms with van der Waals surface area (Å²) < 4.78 is 11.0. The van der Waals surface area contributed by atoms with Crippen molar-refractivity contribution in [1.82, 2.24) is 10.3 Å². The fraction of sp³-hybridized carbons (Fsp3) is 0.538. The second-order valence-corrected chi connectivity index (χ2v) is 4.26. The summed E-state index contributed by atoms with van der Waals surface area (Å²) in [6, 6.07) is 3.49. The number of carbonyl (C=O) groups is 1. The molecule has 2 rings (SSSR count). The van der Waals surface area contributed by atoms with E-state index in [1.807, 2.05) is 6.92 Å². The molecule has 0 aliphatic carbocycles. The van der Waals surface area contributed by atoms with E-state index in [2.05, 4.69) is 15.6 Å². The number of nitrogens with one attached hydrogen (secondary N) is 2. The third-order valence-corrected chi connectivity index (χ3v) is 3.01. The van der Waals surface area contributed by atoms with Crippen LogP contribution < -0.4 is 10.6 Å². The highest BCUT2D eigenvalue weighted by molar-refractivity contribution is 5.98. The van der Waals surface area contributed by atoms with Gasteiger partial charge in [-0.3, -0.25) is 4.79 Å². The largest absolute Gasteiger partial charge is 0.376 e. The van der Waals surface area contributed by atoms with Crippen molar-refractivity contribution >= 4 is 11.7 Å². The van der Waals surface area contributed by atoms with Gasteiger partial charge >= 0.3 is 0 Å². The molecule has 0 spiro atoms. The first-order valence-corrected chi connectivity index (χ1v) is 6.39. The Kier molecular flexibility index (Phi) is 4.70. The molecule has 1 aliphatic rings. The van der Waals surface area contributed by atoms with Crippen LogP contribution in [0.2, 0.25) is 0 Å². The normalized spacial score (nSPS) is 22.2. The molecule has 1 fully saturated rings. The van der Waals surface area contributed by atoms with E-state index in [1.165, 1.54) is 0 Å². The Balaban J connectivity index is 2.12. The SMILES string of the molecule is CCO[C@H]1COC[C@@H]1Nc1ncccc1C(=O)NC. The standard InChI is InChI=1S/C13H19N3O3/c1-3-19-11-8-18-7-10(11)16-12-9(13(17)14-2)5-4-6-15-12/h4-6,10-11H,3,7-8H2,1-2H3,(H,14,17)(H,15,16)/t10-,11-/m0/s1. The van der Waals surface area contributed by atoms with Crippen LogP contribution in [0.25, 0.3) is 0 Å². The monoisotopic (exact) mass is 265 g/mol. The number of anilines is 1. The van der Waals surface area contributed by atoms with Gasteiger partial charge in [0.25, 0.3) is 5.91 Å². The van der Waals surface area contributed by atoms with Crippen molar-refractivity contribution in [1.29, 1.82) is 0 Å². The molecule has 2 N–H and O–H groups in total. The first kappa shape index (κ1) is 13.8. The van der Waals surface area contributed by atoms with Gasteiger partial charge in [-0.25, -0.2) is 4.98 Å². The van der Waals surface area contributed by atoms with Crippen molar-refractivity contribution in [2.75, 3.05) is 32.2 Å². The second-order valence-electron chi connectivity index (χ2n) is 4.26.